The molecule has 14 heavy (non-hydrogen) atoms. The largest absolute Gasteiger partial charge is 0.324 e. The molecule has 0 bridgehead atoms. The normalized spacial score (nSPS) is 10.4. The van der Waals surface area contributed by atoms with Crippen molar-refractivity contribution in [1.29, 1.82) is 0 Å². The van der Waals surface area contributed by atoms with Crippen LogP contribution >= 0.6 is 0 Å². The molecule has 2 heterocycles. The monoisotopic (exact) mass is 192 g/mol. The van der Waals surface area contributed by atoms with Gasteiger partial charge in [-0.15, -0.1) is 0 Å². The number of hydrogen-bond acceptors (Lipinski definition) is 3. The van der Waals surface area contributed by atoms with Crippen molar-refractivity contribution < 1.29 is 4.39 Å². The highest BCUT2D eigenvalue weighted by molar-refractivity contribution is 5.32. The van der Waals surface area contributed by atoms with Crippen LogP contribution < -0.4 is 5.73 Å². The van der Waals surface area contributed by atoms with Gasteiger partial charge in [0.05, 0.1) is 18.4 Å². The molecular weight excluding hydrogens is 183 g/mol. The summed E-state index contributed by atoms with van der Waals surface area (Å²) in [7, 11) is 0. The van der Waals surface area contributed by atoms with E-state index in [1.807, 2.05) is 0 Å². The first-order valence-corrected chi connectivity index (χ1v) is 4.15. The van der Waals surface area contributed by atoms with Gasteiger partial charge in [0.15, 0.2) is 5.82 Å². The first kappa shape index (κ1) is 8.83. The van der Waals surface area contributed by atoms with E-state index in [-0.39, 0.29) is 12.4 Å². The molecule has 72 valence electrons. The van der Waals surface area contributed by atoms with Crippen LogP contribution in [0.4, 0.5) is 4.39 Å². The number of imidazole rings is 1. The van der Waals surface area contributed by atoms with Crippen LogP contribution in [0.5, 0.6) is 0 Å². The zero-order chi connectivity index (χ0) is 9.97. The average Bonchev–Trinajstić information content (AvgIpc) is 2.66. The van der Waals surface area contributed by atoms with Crippen molar-refractivity contribution in [2.24, 2.45) is 5.73 Å². The molecule has 0 amide bonds. The molecule has 2 rings (SSSR count). The van der Waals surface area contributed by atoms with E-state index in [4.69, 9.17) is 5.73 Å². The van der Waals surface area contributed by atoms with E-state index in [0.29, 0.717) is 11.5 Å². The Kier molecular flexibility index (Phi) is 2.24. The molecule has 5 heteroatoms. The third-order valence-electron chi connectivity index (χ3n) is 1.91. The van der Waals surface area contributed by atoms with Gasteiger partial charge < -0.3 is 5.73 Å². The smallest absolute Gasteiger partial charge is 0.165 e. The second kappa shape index (κ2) is 3.55. The van der Waals surface area contributed by atoms with Gasteiger partial charge in [0.25, 0.3) is 0 Å². The van der Waals surface area contributed by atoms with Crippen molar-refractivity contribution in [2.45, 2.75) is 6.54 Å². The summed E-state index contributed by atoms with van der Waals surface area (Å²) >= 11 is 0. The van der Waals surface area contributed by atoms with Crippen LogP contribution in [-0.4, -0.2) is 14.5 Å². The molecule has 0 aromatic carbocycles. The molecule has 0 aliphatic carbocycles. The first-order valence-electron chi connectivity index (χ1n) is 4.15. The Labute approximate surface area is 80.2 Å². The van der Waals surface area contributed by atoms with E-state index < -0.39 is 0 Å². The SMILES string of the molecule is NCc1nccn1-c1ccncc1F. The minimum atomic E-state index is -0.389. The molecule has 2 N–H and O–H groups in total. The zero-order valence-electron chi connectivity index (χ0n) is 7.39. The van der Waals surface area contributed by atoms with Gasteiger partial charge in [0.2, 0.25) is 0 Å². The van der Waals surface area contributed by atoms with Gasteiger partial charge in [0.1, 0.15) is 5.82 Å². The summed E-state index contributed by atoms with van der Waals surface area (Å²) in [6, 6.07) is 1.58. The Bertz CT molecular complexity index is 438. The second-order valence-electron chi connectivity index (χ2n) is 2.74. The van der Waals surface area contributed by atoms with Gasteiger partial charge in [-0.25, -0.2) is 9.37 Å². The standard InChI is InChI=1S/C9H9FN4/c10-7-6-12-2-1-8(7)14-4-3-13-9(14)5-11/h1-4,6H,5,11H2. The van der Waals surface area contributed by atoms with Crippen molar-refractivity contribution >= 4 is 0 Å². The molecule has 0 saturated carbocycles. The van der Waals surface area contributed by atoms with Crippen molar-refractivity contribution in [3.63, 3.8) is 0 Å². The van der Waals surface area contributed by atoms with Crippen molar-refractivity contribution in [3.8, 4) is 5.69 Å². The predicted molar refractivity (Wildman–Crippen MR) is 49.2 cm³/mol. The zero-order valence-corrected chi connectivity index (χ0v) is 7.39. The summed E-state index contributed by atoms with van der Waals surface area (Å²) in [6.45, 7) is 0.273. The van der Waals surface area contributed by atoms with Gasteiger partial charge in [-0.2, -0.15) is 0 Å². The Morgan fingerprint density at radius 3 is 3.00 bits per heavy atom. The molecule has 4 nitrogen and oxygen atoms in total. The molecule has 2 aromatic heterocycles. The number of rotatable bonds is 2. The Balaban J connectivity index is 2.54. The van der Waals surface area contributed by atoms with Gasteiger partial charge in [-0.1, -0.05) is 0 Å². The van der Waals surface area contributed by atoms with E-state index >= 15 is 0 Å². The summed E-state index contributed by atoms with van der Waals surface area (Å²) in [5.41, 5.74) is 5.88. The van der Waals surface area contributed by atoms with Gasteiger partial charge in [0, 0.05) is 18.6 Å². The lowest BCUT2D eigenvalue weighted by Gasteiger charge is -2.06. The minimum Gasteiger partial charge on any atom is -0.324 e. The number of halogens is 1. The van der Waals surface area contributed by atoms with E-state index in [2.05, 4.69) is 9.97 Å². The van der Waals surface area contributed by atoms with Crippen LogP contribution in [-0.2, 0) is 6.54 Å². The summed E-state index contributed by atoms with van der Waals surface area (Å²) < 4.78 is 14.9. The Morgan fingerprint density at radius 2 is 2.29 bits per heavy atom. The quantitative estimate of drug-likeness (QED) is 0.767. The van der Waals surface area contributed by atoms with Crippen LogP contribution in [0.1, 0.15) is 5.82 Å². The van der Waals surface area contributed by atoms with Crippen LogP contribution in [0, 0.1) is 5.82 Å². The molecule has 0 aliphatic heterocycles. The molecule has 0 saturated heterocycles. The lowest BCUT2D eigenvalue weighted by molar-refractivity contribution is 0.608. The van der Waals surface area contributed by atoms with Gasteiger partial charge >= 0.3 is 0 Å². The third kappa shape index (κ3) is 1.38. The fraction of sp³-hybridized carbons (Fsp3) is 0.111. The molecule has 0 spiro atoms. The van der Waals surface area contributed by atoms with Crippen molar-refractivity contribution in [3.05, 3.63) is 42.5 Å². The fourth-order valence-electron chi connectivity index (χ4n) is 1.27. The van der Waals surface area contributed by atoms with Gasteiger partial charge in [-0.05, 0) is 6.07 Å². The molecule has 0 unspecified atom stereocenters. The third-order valence-corrected chi connectivity index (χ3v) is 1.91. The summed E-state index contributed by atoms with van der Waals surface area (Å²) in [4.78, 5) is 7.67. The molecule has 0 radical (unpaired) electrons. The molecule has 0 fully saturated rings. The molecule has 0 atom stereocenters. The number of nitrogens with zero attached hydrogens (tertiary/aromatic N) is 3. The van der Waals surface area contributed by atoms with Crippen LogP contribution in [0.25, 0.3) is 5.69 Å². The van der Waals surface area contributed by atoms with E-state index in [1.54, 1.807) is 23.0 Å². The highest BCUT2D eigenvalue weighted by Crippen LogP contribution is 2.12. The summed E-state index contributed by atoms with van der Waals surface area (Å²) in [6.07, 6.45) is 5.94. The number of pyridine rings is 1. The van der Waals surface area contributed by atoms with E-state index in [9.17, 15) is 4.39 Å². The highest BCUT2D eigenvalue weighted by Gasteiger charge is 2.07. The van der Waals surface area contributed by atoms with E-state index in [1.165, 1.54) is 6.20 Å². The Morgan fingerprint density at radius 1 is 1.43 bits per heavy atom. The molecule has 0 aliphatic rings. The van der Waals surface area contributed by atoms with Crippen molar-refractivity contribution in [2.75, 3.05) is 0 Å². The predicted octanol–water partition coefficient (Wildman–Crippen LogP) is 0.865. The number of nitrogens with two attached hydrogens (primary N) is 1. The summed E-state index contributed by atoms with van der Waals surface area (Å²) in [5, 5.41) is 0. The van der Waals surface area contributed by atoms with E-state index in [0.717, 1.165) is 6.20 Å². The molecular formula is C9H9FN4. The van der Waals surface area contributed by atoms with Crippen LogP contribution in [0.15, 0.2) is 30.9 Å². The number of hydrogen-bond donors (Lipinski definition) is 1. The Hall–Kier alpha value is -1.75. The van der Waals surface area contributed by atoms with Crippen LogP contribution in [0.3, 0.4) is 0 Å². The average molecular weight is 192 g/mol. The molecule has 2 aromatic rings. The first-order chi connectivity index (χ1) is 6.83. The summed E-state index contributed by atoms with van der Waals surface area (Å²) in [5.74, 6) is 0.232. The highest BCUT2D eigenvalue weighted by atomic mass is 19.1. The lowest BCUT2D eigenvalue weighted by atomic mass is 10.4. The number of aromatic nitrogens is 3. The lowest BCUT2D eigenvalue weighted by Crippen LogP contribution is -2.07. The fourth-order valence-corrected chi connectivity index (χ4v) is 1.27. The topological polar surface area (TPSA) is 56.7 Å². The minimum absolute atomic E-state index is 0.273. The maximum Gasteiger partial charge on any atom is 0.165 e. The van der Waals surface area contributed by atoms with Crippen molar-refractivity contribution in [1.82, 2.24) is 14.5 Å². The second-order valence-corrected chi connectivity index (χ2v) is 2.74. The van der Waals surface area contributed by atoms with Gasteiger partial charge in [-0.3, -0.25) is 9.55 Å². The maximum atomic E-state index is 13.3. The maximum absolute atomic E-state index is 13.3. The van der Waals surface area contributed by atoms with Crippen LogP contribution in [0.2, 0.25) is 0 Å².